The molecule has 104 valence electrons. The van der Waals surface area contributed by atoms with Crippen LogP contribution in [0, 0.1) is 0 Å². The first-order valence-corrected chi connectivity index (χ1v) is 7.40. The smallest absolute Gasteiger partial charge is 0.224 e. The van der Waals surface area contributed by atoms with Crippen molar-refractivity contribution in [1.29, 1.82) is 0 Å². The number of benzene rings is 1. The second-order valence-electron chi connectivity index (χ2n) is 5.02. The minimum atomic E-state index is 0.235. The van der Waals surface area contributed by atoms with Crippen molar-refractivity contribution < 1.29 is 0 Å². The molecule has 3 nitrogen and oxygen atoms in total. The lowest BCUT2D eigenvalue weighted by Crippen LogP contribution is -2.33. The molecule has 2 aromatic rings. The molecule has 0 aliphatic carbocycles. The standard InChI is InChI=1S/C15H15Cl2N3/c1-10(11-5-3-2-4-6-11)20-8-7-13-12(9-20)14(16)19-15(17)18-13/h2-6,10H,7-9H2,1H3/t10-/m0/s1. The van der Waals surface area contributed by atoms with Crippen molar-refractivity contribution in [2.75, 3.05) is 6.54 Å². The molecular formula is C15H15Cl2N3. The molecule has 0 radical (unpaired) electrons. The summed E-state index contributed by atoms with van der Waals surface area (Å²) in [4.78, 5) is 10.7. The van der Waals surface area contributed by atoms with E-state index in [1.165, 1.54) is 5.56 Å². The molecule has 0 unspecified atom stereocenters. The fourth-order valence-corrected chi connectivity index (χ4v) is 3.12. The van der Waals surface area contributed by atoms with Crippen LogP contribution in [0.1, 0.15) is 29.8 Å². The molecule has 0 saturated heterocycles. The van der Waals surface area contributed by atoms with E-state index >= 15 is 0 Å². The second-order valence-corrected chi connectivity index (χ2v) is 5.71. The lowest BCUT2D eigenvalue weighted by atomic mass is 10.0. The Morgan fingerprint density at radius 3 is 2.65 bits per heavy atom. The van der Waals surface area contributed by atoms with E-state index in [-0.39, 0.29) is 5.28 Å². The van der Waals surface area contributed by atoms with Gasteiger partial charge < -0.3 is 0 Å². The Bertz CT molecular complexity index is 616. The summed E-state index contributed by atoms with van der Waals surface area (Å²) in [6.45, 7) is 3.93. The predicted octanol–water partition coefficient (Wildman–Crippen LogP) is 3.90. The Morgan fingerprint density at radius 2 is 1.90 bits per heavy atom. The van der Waals surface area contributed by atoms with Crippen molar-refractivity contribution in [3.63, 3.8) is 0 Å². The van der Waals surface area contributed by atoms with Crippen LogP contribution in [0.4, 0.5) is 0 Å². The Morgan fingerprint density at radius 1 is 1.15 bits per heavy atom. The molecule has 0 spiro atoms. The van der Waals surface area contributed by atoms with Gasteiger partial charge in [-0.25, -0.2) is 9.97 Å². The van der Waals surface area contributed by atoms with E-state index in [0.29, 0.717) is 11.2 Å². The average molecular weight is 308 g/mol. The van der Waals surface area contributed by atoms with Crippen molar-refractivity contribution in [1.82, 2.24) is 14.9 Å². The van der Waals surface area contributed by atoms with Gasteiger partial charge in [0.2, 0.25) is 5.28 Å². The van der Waals surface area contributed by atoms with Gasteiger partial charge in [0.15, 0.2) is 0 Å². The number of aromatic nitrogens is 2. The van der Waals surface area contributed by atoms with Crippen molar-refractivity contribution >= 4 is 23.2 Å². The van der Waals surface area contributed by atoms with E-state index in [9.17, 15) is 0 Å². The first-order valence-electron chi connectivity index (χ1n) is 6.65. The summed E-state index contributed by atoms with van der Waals surface area (Å²) in [6.07, 6.45) is 0.856. The SMILES string of the molecule is C[C@@H](c1ccccc1)N1CCc2nc(Cl)nc(Cl)c2C1. The molecule has 1 aromatic carbocycles. The van der Waals surface area contributed by atoms with Gasteiger partial charge in [-0.1, -0.05) is 41.9 Å². The number of hydrogen-bond acceptors (Lipinski definition) is 3. The van der Waals surface area contributed by atoms with Gasteiger partial charge in [-0.2, -0.15) is 0 Å². The van der Waals surface area contributed by atoms with Crippen LogP contribution in [0.5, 0.6) is 0 Å². The molecule has 0 bridgehead atoms. The Balaban J connectivity index is 1.85. The van der Waals surface area contributed by atoms with Gasteiger partial charge in [-0.05, 0) is 24.1 Å². The number of fused-ring (bicyclic) bond motifs is 1. The van der Waals surface area contributed by atoms with Crippen LogP contribution in [0.15, 0.2) is 30.3 Å². The zero-order chi connectivity index (χ0) is 14.1. The van der Waals surface area contributed by atoms with E-state index in [4.69, 9.17) is 23.2 Å². The number of hydrogen-bond donors (Lipinski definition) is 0. The molecule has 0 fully saturated rings. The molecule has 0 amide bonds. The molecule has 0 N–H and O–H groups in total. The third-order valence-corrected chi connectivity index (χ3v) is 4.32. The Hall–Kier alpha value is -1.16. The highest BCUT2D eigenvalue weighted by Gasteiger charge is 2.25. The summed E-state index contributed by atoms with van der Waals surface area (Å²) < 4.78 is 0. The highest BCUT2D eigenvalue weighted by atomic mass is 35.5. The quantitative estimate of drug-likeness (QED) is 0.622. The lowest BCUT2D eigenvalue weighted by Gasteiger charge is -2.33. The molecule has 2 heterocycles. The molecule has 1 aromatic heterocycles. The molecule has 0 saturated carbocycles. The van der Waals surface area contributed by atoms with Crippen LogP contribution in [0.25, 0.3) is 0 Å². The maximum atomic E-state index is 6.20. The number of nitrogens with zero attached hydrogens (tertiary/aromatic N) is 3. The van der Waals surface area contributed by atoms with Gasteiger partial charge in [-0.15, -0.1) is 0 Å². The van der Waals surface area contributed by atoms with Gasteiger partial charge in [0.05, 0.1) is 5.69 Å². The molecule has 5 heteroatoms. The summed E-state index contributed by atoms with van der Waals surface area (Å²) in [5, 5.41) is 0.711. The van der Waals surface area contributed by atoms with Crippen molar-refractivity contribution in [2.24, 2.45) is 0 Å². The lowest BCUT2D eigenvalue weighted by molar-refractivity contribution is 0.190. The molecule has 1 aliphatic rings. The van der Waals surface area contributed by atoms with Crippen molar-refractivity contribution in [2.45, 2.75) is 25.9 Å². The van der Waals surface area contributed by atoms with Crippen LogP contribution in [0.3, 0.4) is 0 Å². The topological polar surface area (TPSA) is 29.0 Å². The summed E-state index contributed by atoms with van der Waals surface area (Å²) in [6, 6.07) is 10.8. The first kappa shape index (κ1) is 13.8. The van der Waals surface area contributed by atoms with E-state index in [1.54, 1.807) is 0 Å². The molecule has 1 aliphatic heterocycles. The monoisotopic (exact) mass is 307 g/mol. The number of halogens is 2. The fraction of sp³-hybridized carbons (Fsp3) is 0.333. The third-order valence-electron chi connectivity index (χ3n) is 3.84. The van der Waals surface area contributed by atoms with Crippen LogP contribution in [-0.2, 0) is 13.0 Å². The third kappa shape index (κ3) is 2.66. The summed E-state index contributed by atoms with van der Waals surface area (Å²) in [5.41, 5.74) is 3.29. The van der Waals surface area contributed by atoms with Gasteiger partial charge in [0.1, 0.15) is 5.15 Å². The largest absolute Gasteiger partial charge is 0.292 e. The van der Waals surface area contributed by atoms with Crippen LogP contribution < -0.4 is 0 Å². The predicted molar refractivity (Wildman–Crippen MR) is 81.0 cm³/mol. The minimum absolute atomic E-state index is 0.235. The normalized spacial score (nSPS) is 16.8. The van der Waals surface area contributed by atoms with E-state index in [2.05, 4.69) is 46.1 Å². The van der Waals surface area contributed by atoms with Crippen molar-refractivity contribution in [3.05, 3.63) is 57.6 Å². The van der Waals surface area contributed by atoms with Gasteiger partial charge in [0.25, 0.3) is 0 Å². The zero-order valence-electron chi connectivity index (χ0n) is 11.2. The fourth-order valence-electron chi connectivity index (χ4n) is 2.64. The Labute approximate surface area is 128 Å². The minimum Gasteiger partial charge on any atom is -0.292 e. The summed E-state index contributed by atoms with van der Waals surface area (Å²) >= 11 is 12.1. The van der Waals surface area contributed by atoms with E-state index in [1.807, 2.05) is 6.07 Å². The zero-order valence-corrected chi connectivity index (χ0v) is 12.7. The van der Waals surface area contributed by atoms with Gasteiger partial charge in [-0.3, -0.25) is 4.90 Å². The molecule has 1 atom stereocenters. The van der Waals surface area contributed by atoms with Gasteiger partial charge in [0, 0.05) is 31.1 Å². The molecule has 20 heavy (non-hydrogen) atoms. The number of rotatable bonds is 2. The maximum Gasteiger partial charge on any atom is 0.224 e. The average Bonchev–Trinajstić information content (AvgIpc) is 2.47. The van der Waals surface area contributed by atoms with Crippen molar-refractivity contribution in [3.8, 4) is 0 Å². The maximum absolute atomic E-state index is 6.20. The summed E-state index contributed by atoms with van der Waals surface area (Å²) in [7, 11) is 0. The highest BCUT2D eigenvalue weighted by Crippen LogP contribution is 2.30. The molecule has 3 rings (SSSR count). The van der Waals surface area contributed by atoms with Crippen LogP contribution in [0.2, 0.25) is 10.4 Å². The second kappa shape index (κ2) is 5.68. The summed E-state index contributed by atoms with van der Waals surface area (Å²) in [5.74, 6) is 0. The van der Waals surface area contributed by atoms with E-state index < -0.39 is 0 Å². The van der Waals surface area contributed by atoms with E-state index in [0.717, 1.165) is 30.8 Å². The van der Waals surface area contributed by atoms with Crippen LogP contribution in [-0.4, -0.2) is 21.4 Å². The molecular weight excluding hydrogens is 293 g/mol. The van der Waals surface area contributed by atoms with Crippen LogP contribution >= 0.6 is 23.2 Å². The highest BCUT2D eigenvalue weighted by molar-refractivity contribution is 6.32. The Kier molecular flexibility index (Phi) is 3.92. The van der Waals surface area contributed by atoms with Gasteiger partial charge >= 0.3 is 0 Å². The first-order chi connectivity index (χ1) is 9.65.